The van der Waals surface area contributed by atoms with Gasteiger partial charge in [-0.2, -0.15) is 0 Å². The monoisotopic (exact) mass is 222 g/mol. The molecule has 1 rings (SSSR count). The van der Waals surface area contributed by atoms with Gasteiger partial charge in [-0.3, -0.25) is 0 Å². The Bertz CT molecular complexity index is 253. The molecule has 0 unspecified atom stereocenters. The van der Waals surface area contributed by atoms with E-state index in [-0.39, 0.29) is 0 Å². The first-order valence-electron chi connectivity index (χ1n) is 6.42. The highest BCUT2D eigenvalue weighted by molar-refractivity contribution is 6.84. The Morgan fingerprint density at radius 1 is 1.13 bits per heavy atom. The van der Waals surface area contributed by atoms with Crippen molar-refractivity contribution in [2.24, 2.45) is 0 Å². The van der Waals surface area contributed by atoms with Crippen molar-refractivity contribution >= 4 is 8.07 Å². The average Bonchev–Trinajstić information content (AvgIpc) is 2.89. The molecule has 0 saturated carbocycles. The van der Waals surface area contributed by atoms with E-state index in [1.54, 1.807) is 0 Å². The van der Waals surface area contributed by atoms with Gasteiger partial charge >= 0.3 is 0 Å². The molecule has 0 aromatic rings. The molecule has 0 saturated heterocycles. The molecule has 0 aliphatic heterocycles. The SMILES string of the molecule is CC/C=C/CCCCC1=C([Si](C)(C)C)C1. The van der Waals surface area contributed by atoms with E-state index in [0.29, 0.717) is 0 Å². The number of hydrogen-bond acceptors (Lipinski definition) is 0. The molecule has 0 radical (unpaired) electrons. The molecular formula is C14H26Si. The van der Waals surface area contributed by atoms with Crippen molar-refractivity contribution in [3.8, 4) is 0 Å². The maximum absolute atomic E-state index is 2.47. The third kappa shape index (κ3) is 4.83. The Hall–Kier alpha value is -0.303. The second-order valence-electron chi connectivity index (χ2n) is 5.63. The standard InChI is InChI=1S/C14H26Si/c1-5-6-7-8-9-10-11-13-12-14(13)15(2,3)4/h6-7H,5,8-12H2,1-4H3/b7-6+. The van der Waals surface area contributed by atoms with Crippen molar-refractivity contribution in [1.82, 2.24) is 0 Å². The summed E-state index contributed by atoms with van der Waals surface area (Å²) in [6.45, 7) is 9.61. The van der Waals surface area contributed by atoms with E-state index in [4.69, 9.17) is 0 Å². The highest BCUT2D eigenvalue weighted by Gasteiger charge is 2.31. The maximum atomic E-state index is 2.47. The van der Waals surface area contributed by atoms with Crippen molar-refractivity contribution in [3.63, 3.8) is 0 Å². The minimum Gasteiger partial charge on any atom is -0.0888 e. The molecule has 0 heterocycles. The highest BCUT2D eigenvalue weighted by Crippen LogP contribution is 2.41. The summed E-state index contributed by atoms with van der Waals surface area (Å²) < 4.78 is 0. The van der Waals surface area contributed by atoms with Crippen LogP contribution in [0.4, 0.5) is 0 Å². The summed E-state index contributed by atoms with van der Waals surface area (Å²) in [7, 11) is -0.902. The molecule has 0 nitrogen and oxygen atoms in total. The summed E-state index contributed by atoms with van der Waals surface area (Å²) in [5.41, 5.74) is 1.81. The van der Waals surface area contributed by atoms with Crippen LogP contribution in [0.25, 0.3) is 0 Å². The lowest BCUT2D eigenvalue weighted by atomic mass is 10.1. The quantitative estimate of drug-likeness (QED) is 0.320. The van der Waals surface area contributed by atoms with Crippen LogP contribution in [-0.2, 0) is 0 Å². The highest BCUT2D eigenvalue weighted by atomic mass is 28.3. The Morgan fingerprint density at radius 3 is 2.40 bits per heavy atom. The van der Waals surface area contributed by atoms with Crippen LogP contribution in [0.1, 0.15) is 45.4 Å². The first kappa shape index (κ1) is 12.8. The van der Waals surface area contributed by atoms with E-state index >= 15 is 0 Å². The zero-order chi connectivity index (χ0) is 11.3. The van der Waals surface area contributed by atoms with E-state index in [9.17, 15) is 0 Å². The number of allylic oxidation sites excluding steroid dienone is 4. The van der Waals surface area contributed by atoms with Crippen LogP contribution in [0.3, 0.4) is 0 Å². The van der Waals surface area contributed by atoms with E-state index in [1.807, 2.05) is 10.8 Å². The van der Waals surface area contributed by atoms with E-state index in [0.717, 1.165) is 0 Å². The first-order chi connectivity index (χ1) is 7.05. The zero-order valence-corrected chi connectivity index (χ0v) is 11.9. The number of unbranched alkanes of at least 4 members (excludes halogenated alkanes) is 2. The van der Waals surface area contributed by atoms with E-state index in [1.165, 1.54) is 38.5 Å². The topological polar surface area (TPSA) is 0 Å². The van der Waals surface area contributed by atoms with Crippen LogP contribution in [0.5, 0.6) is 0 Å². The van der Waals surface area contributed by atoms with Crippen LogP contribution < -0.4 is 0 Å². The second-order valence-corrected chi connectivity index (χ2v) is 10.7. The van der Waals surface area contributed by atoms with Crippen molar-refractivity contribution in [1.29, 1.82) is 0 Å². The molecule has 0 aromatic carbocycles. The van der Waals surface area contributed by atoms with Crippen LogP contribution in [-0.4, -0.2) is 8.07 Å². The molecular weight excluding hydrogens is 196 g/mol. The molecule has 1 aliphatic carbocycles. The van der Waals surface area contributed by atoms with Crippen molar-refractivity contribution in [3.05, 3.63) is 22.9 Å². The predicted octanol–water partition coefficient (Wildman–Crippen LogP) is 5.09. The van der Waals surface area contributed by atoms with E-state index in [2.05, 4.69) is 38.7 Å². The largest absolute Gasteiger partial charge is 0.0888 e. The van der Waals surface area contributed by atoms with Gasteiger partial charge in [-0.25, -0.2) is 0 Å². The lowest BCUT2D eigenvalue weighted by Gasteiger charge is -2.09. The smallest absolute Gasteiger partial charge is 0.0728 e. The summed E-state index contributed by atoms with van der Waals surface area (Å²) in [5.74, 6) is 0. The van der Waals surface area contributed by atoms with Gasteiger partial charge in [0.25, 0.3) is 0 Å². The summed E-state index contributed by atoms with van der Waals surface area (Å²) in [4.78, 5) is 0. The summed E-state index contributed by atoms with van der Waals surface area (Å²) in [5, 5.41) is 1.87. The number of rotatable bonds is 7. The Morgan fingerprint density at radius 2 is 1.87 bits per heavy atom. The minimum atomic E-state index is -0.902. The van der Waals surface area contributed by atoms with Gasteiger partial charge in [0.15, 0.2) is 0 Å². The molecule has 0 fully saturated rings. The third-order valence-corrected chi connectivity index (χ3v) is 5.44. The molecule has 0 bridgehead atoms. The normalized spacial score (nSPS) is 16.5. The predicted molar refractivity (Wildman–Crippen MR) is 72.9 cm³/mol. The third-order valence-electron chi connectivity index (χ3n) is 3.10. The average molecular weight is 222 g/mol. The minimum absolute atomic E-state index is 0.902. The van der Waals surface area contributed by atoms with Crippen LogP contribution in [0.2, 0.25) is 19.6 Å². The Labute approximate surface area is 96.5 Å². The van der Waals surface area contributed by atoms with Gasteiger partial charge in [0.2, 0.25) is 0 Å². The van der Waals surface area contributed by atoms with Crippen molar-refractivity contribution in [2.45, 2.75) is 65.1 Å². The molecule has 0 atom stereocenters. The maximum Gasteiger partial charge on any atom is 0.0728 e. The number of hydrogen-bond donors (Lipinski definition) is 0. The molecule has 15 heavy (non-hydrogen) atoms. The van der Waals surface area contributed by atoms with Gasteiger partial charge in [0.1, 0.15) is 0 Å². The Balaban J connectivity index is 2.08. The Kier molecular flexibility index (Phi) is 4.84. The fraction of sp³-hybridized carbons (Fsp3) is 0.714. The van der Waals surface area contributed by atoms with Gasteiger partial charge in [0.05, 0.1) is 8.07 Å². The van der Waals surface area contributed by atoms with Gasteiger partial charge in [-0.15, -0.1) is 0 Å². The molecule has 1 aliphatic rings. The molecule has 0 amide bonds. The van der Waals surface area contributed by atoms with Gasteiger partial charge in [0, 0.05) is 0 Å². The molecule has 86 valence electrons. The van der Waals surface area contributed by atoms with Crippen molar-refractivity contribution < 1.29 is 0 Å². The summed E-state index contributed by atoms with van der Waals surface area (Å²) in [6.07, 6.45) is 12.6. The van der Waals surface area contributed by atoms with Gasteiger partial charge in [-0.1, -0.05) is 49.5 Å². The van der Waals surface area contributed by atoms with Crippen LogP contribution in [0, 0.1) is 0 Å². The summed E-state index contributed by atoms with van der Waals surface area (Å²) >= 11 is 0. The first-order valence-corrected chi connectivity index (χ1v) is 9.92. The fourth-order valence-corrected chi connectivity index (χ4v) is 4.02. The summed E-state index contributed by atoms with van der Waals surface area (Å²) in [6, 6.07) is 0. The molecule has 1 heteroatoms. The van der Waals surface area contributed by atoms with Crippen molar-refractivity contribution in [2.75, 3.05) is 0 Å². The van der Waals surface area contributed by atoms with Crippen LogP contribution >= 0.6 is 0 Å². The lowest BCUT2D eigenvalue weighted by molar-refractivity contribution is 0.749. The molecule has 0 spiro atoms. The van der Waals surface area contributed by atoms with Crippen LogP contribution in [0.15, 0.2) is 22.9 Å². The lowest BCUT2D eigenvalue weighted by Crippen LogP contribution is -2.18. The van der Waals surface area contributed by atoms with E-state index < -0.39 is 8.07 Å². The second kappa shape index (κ2) is 5.69. The zero-order valence-electron chi connectivity index (χ0n) is 10.9. The van der Waals surface area contributed by atoms with Gasteiger partial charge in [-0.05, 0) is 38.5 Å². The fourth-order valence-electron chi connectivity index (χ4n) is 2.09. The molecule has 0 N–H and O–H groups in total. The van der Waals surface area contributed by atoms with Gasteiger partial charge < -0.3 is 0 Å². The molecule has 0 aromatic heterocycles.